The van der Waals surface area contributed by atoms with Crippen LogP contribution in [0.5, 0.6) is 0 Å². The Morgan fingerprint density at radius 1 is 1.16 bits per heavy atom. The molecule has 5 heteroatoms. The first-order chi connectivity index (χ1) is 8.85. The van der Waals surface area contributed by atoms with Gasteiger partial charge in [-0.05, 0) is 26.0 Å². The molecule has 1 amide bonds. The number of hydrogen-bond acceptors (Lipinski definition) is 4. The van der Waals surface area contributed by atoms with Gasteiger partial charge in [-0.15, -0.1) is 0 Å². The van der Waals surface area contributed by atoms with E-state index in [-0.39, 0.29) is 5.91 Å². The van der Waals surface area contributed by atoms with Gasteiger partial charge in [0.1, 0.15) is 5.60 Å². The first kappa shape index (κ1) is 15.2. The highest BCUT2D eigenvalue weighted by Gasteiger charge is 2.32. The largest absolute Gasteiger partial charge is 0.465 e. The summed E-state index contributed by atoms with van der Waals surface area (Å²) in [7, 11) is 4.38. The Balaban J connectivity index is 3.17. The quantitative estimate of drug-likeness (QED) is 0.780. The molecule has 1 aromatic carbocycles. The average Bonchev–Trinajstić information content (AvgIpc) is 2.44. The van der Waals surface area contributed by atoms with Crippen LogP contribution in [0, 0.1) is 0 Å². The van der Waals surface area contributed by atoms with E-state index in [9.17, 15) is 9.59 Å². The minimum Gasteiger partial charge on any atom is -0.465 e. The van der Waals surface area contributed by atoms with E-state index in [1.807, 2.05) is 0 Å². The van der Waals surface area contributed by atoms with Crippen molar-refractivity contribution in [2.75, 3.05) is 26.2 Å². The van der Waals surface area contributed by atoms with E-state index in [1.165, 1.54) is 19.1 Å². The van der Waals surface area contributed by atoms with E-state index >= 15 is 0 Å². The van der Waals surface area contributed by atoms with Crippen LogP contribution in [0.15, 0.2) is 24.3 Å². The molecule has 0 spiro atoms. The van der Waals surface area contributed by atoms with Gasteiger partial charge in [-0.2, -0.15) is 0 Å². The standard InChI is InChI=1S/C14H19NO4/c1-14(2,19-5)13(17)15(3)11-9-7-6-8-10(11)12(16)18-4/h6-9H,1-5H3. The smallest absolute Gasteiger partial charge is 0.339 e. The minimum absolute atomic E-state index is 0.244. The van der Waals surface area contributed by atoms with Gasteiger partial charge in [0.15, 0.2) is 0 Å². The van der Waals surface area contributed by atoms with Crippen molar-refractivity contribution in [3.8, 4) is 0 Å². The molecule has 0 fully saturated rings. The number of benzene rings is 1. The lowest BCUT2D eigenvalue weighted by atomic mass is 10.1. The molecule has 0 atom stereocenters. The number of likely N-dealkylation sites (N-methyl/N-ethyl adjacent to an activating group) is 1. The van der Waals surface area contributed by atoms with E-state index in [1.54, 1.807) is 45.2 Å². The van der Waals surface area contributed by atoms with Crippen molar-refractivity contribution in [2.45, 2.75) is 19.4 Å². The number of methoxy groups -OCH3 is 2. The third-order valence-corrected chi connectivity index (χ3v) is 3.00. The number of para-hydroxylation sites is 1. The van der Waals surface area contributed by atoms with Crippen molar-refractivity contribution >= 4 is 17.6 Å². The van der Waals surface area contributed by atoms with Crippen LogP contribution < -0.4 is 4.90 Å². The van der Waals surface area contributed by atoms with Crippen molar-refractivity contribution in [1.82, 2.24) is 0 Å². The lowest BCUT2D eigenvalue weighted by Crippen LogP contribution is -2.45. The van der Waals surface area contributed by atoms with Gasteiger partial charge in [0.2, 0.25) is 0 Å². The SMILES string of the molecule is COC(=O)c1ccccc1N(C)C(=O)C(C)(C)OC. The maximum atomic E-state index is 12.3. The predicted molar refractivity (Wildman–Crippen MR) is 72.3 cm³/mol. The third kappa shape index (κ3) is 3.12. The average molecular weight is 265 g/mol. The van der Waals surface area contributed by atoms with Gasteiger partial charge >= 0.3 is 5.97 Å². The van der Waals surface area contributed by atoms with Gasteiger partial charge in [-0.1, -0.05) is 12.1 Å². The molecule has 1 aromatic rings. The Labute approximate surface area is 113 Å². The number of ether oxygens (including phenoxy) is 2. The fourth-order valence-corrected chi connectivity index (χ4v) is 1.65. The summed E-state index contributed by atoms with van der Waals surface area (Å²) in [5, 5.41) is 0. The number of carbonyl (C=O) groups is 2. The van der Waals surface area contributed by atoms with Crippen molar-refractivity contribution in [3.63, 3.8) is 0 Å². The van der Waals surface area contributed by atoms with Gasteiger partial charge in [-0.25, -0.2) is 4.79 Å². The predicted octanol–water partition coefficient (Wildman–Crippen LogP) is 1.86. The Bertz CT molecular complexity index is 482. The number of amides is 1. The van der Waals surface area contributed by atoms with Crippen LogP contribution in [0.25, 0.3) is 0 Å². The van der Waals surface area contributed by atoms with Gasteiger partial charge in [0.25, 0.3) is 5.91 Å². The van der Waals surface area contributed by atoms with Crippen LogP contribution in [0.4, 0.5) is 5.69 Å². The van der Waals surface area contributed by atoms with Gasteiger partial charge in [0.05, 0.1) is 18.4 Å². The third-order valence-electron chi connectivity index (χ3n) is 3.00. The zero-order valence-electron chi connectivity index (χ0n) is 11.9. The second-order valence-corrected chi connectivity index (χ2v) is 4.59. The molecular formula is C14H19NO4. The second kappa shape index (κ2) is 5.84. The maximum absolute atomic E-state index is 12.3. The zero-order chi connectivity index (χ0) is 14.6. The molecule has 0 bridgehead atoms. The maximum Gasteiger partial charge on any atom is 0.339 e. The summed E-state index contributed by atoms with van der Waals surface area (Å²) in [6.07, 6.45) is 0. The molecule has 0 radical (unpaired) electrons. The number of hydrogen-bond donors (Lipinski definition) is 0. The molecule has 0 heterocycles. The Morgan fingerprint density at radius 3 is 2.26 bits per heavy atom. The highest BCUT2D eigenvalue weighted by Crippen LogP contribution is 2.23. The van der Waals surface area contributed by atoms with Crippen molar-refractivity contribution < 1.29 is 19.1 Å². The molecule has 104 valence electrons. The highest BCUT2D eigenvalue weighted by molar-refractivity contribution is 6.04. The molecule has 1 rings (SSSR count). The number of anilines is 1. The molecule has 0 aliphatic carbocycles. The summed E-state index contributed by atoms with van der Waals surface area (Å²) in [5.41, 5.74) is -0.130. The summed E-state index contributed by atoms with van der Waals surface area (Å²) >= 11 is 0. The molecular weight excluding hydrogens is 246 g/mol. The van der Waals surface area contributed by atoms with E-state index in [4.69, 9.17) is 9.47 Å². The van der Waals surface area contributed by atoms with Crippen LogP contribution in [0.2, 0.25) is 0 Å². The Kier molecular flexibility index (Phi) is 4.67. The second-order valence-electron chi connectivity index (χ2n) is 4.59. The molecule has 0 aromatic heterocycles. The lowest BCUT2D eigenvalue weighted by molar-refractivity contribution is -0.136. The number of nitrogens with zero attached hydrogens (tertiary/aromatic N) is 1. The fraction of sp³-hybridized carbons (Fsp3) is 0.429. The van der Waals surface area contributed by atoms with E-state index < -0.39 is 11.6 Å². The summed E-state index contributed by atoms with van der Waals surface area (Å²) in [4.78, 5) is 25.4. The minimum atomic E-state index is -0.960. The summed E-state index contributed by atoms with van der Waals surface area (Å²) in [6.45, 7) is 3.35. The van der Waals surface area contributed by atoms with Crippen LogP contribution >= 0.6 is 0 Å². The molecule has 0 saturated heterocycles. The molecule has 0 N–H and O–H groups in total. The van der Waals surface area contributed by atoms with Crippen molar-refractivity contribution in [1.29, 1.82) is 0 Å². The monoisotopic (exact) mass is 265 g/mol. The number of rotatable bonds is 4. The van der Waals surface area contributed by atoms with Crippen molar-refractivity contribution in [3.05, 3.63) is 29.8 Å². The summed E-state index contributed by atoms with van der Waals surface area (Å²) in [6, 6.07) is 6.78. The normalized spacial score (nSPS) is 11.0. The molecule has 0 saturated carbocycles. The zero-order valence-corrected chi connectivity index (χ0v) is 11.9. The molecule has 0 aliphatic heterocycles. The highest BCUT2D eigenvalue weighted by atomic mass is 16.5. The topological polar surface area (TPSA) is 55.8 Å². The van der Waals surface area contributed by atoms with Gasteiger partial charge < -0.3 is 14.4 Å². The van der Waals surface area contributed by atoms with Gasteiger partial charge in [0, 0.05) is 14.2 Å². The molecule has 0 aliphatic rings. The first-order valence-corrected chi connectivity index (χ1v) is 5.85. The summed E-state index contributed by atoms with van der Waals surface area (Å²) in [5.74, 6) is -0.725. The lowest BCUT2D eigenvalue weighted by Gasteiger charge is -2.29. The van der Waals surface area contributed by atoms with Crippen LogP contribution in [-0.2, 0) is 14.3 Å². The first-order valence-electron chi connectivity index (χ1n) is 5.85. The Morgan fingerprint density at radius 2 is 1.74 bits per heavy atom. The van der Waals surface area contributed by atoms with Gasteiger partial charge in [-0.3, -0.25) is 4.79 Å². The van der Waals surface area contributed by atoms with E-state index in [0.29, 0.717) is 11.3 Å². The molecule has 19 heavy (non-hydrogen) atoms. The van der Waals surface area contributed by atoms with Crippen LogP contribution in [-0.4, -0.2) is 38.7 Å². The molecule has 5 nitrogen and oxygen atoms in total. The fourth-order valence-electron chi connectivity index (χ4n) is 1.65. The summed E-state index contributed by atoms with van der Waals surface area (Å²) < 4.78 is 9.87. The van der Waals surface area contributed by atoms with E-state index in [0.717, 1.165) is 0 Å². The Hall–Kier alpha value is -1.88. The van der Waals surface area contributed by atoms with Crippen LogP contribution in [0.3, 0.4) is 0 Å². The van der Waals surface area contributed by atoms with Crippen LogP contribution in [0.1, 0.15) is 24.2 Å². The van der Waals surface area contributed by atoms with E-state index in [2.05, 4.69) is 0 Å². The molecule has 0 unspecified atom stereocenters. The number of esters is 1. The van der Waals surface area contributed by atoms with Crippen molar-refractivity contribution in [2.24, 2.45) is 0 Å². The number of carbonyl (C=O) groups excluding carboxylic acids is 2.